The molecule has 2 heterocycles. The van der Waals surface area contributed by atoms with Gasteiger partial charge in [-0.05, 0) is 68.1 Å². The lowest BCUT2D eigenvalue weighted by Crippen LogP contribution is -2.36. The molecule has 1 atom stereocenters. The fraction of sp³-hybridized carbons (Fsp3) is 0.375. The molecule has 10 heteroatoms. The molecule has 0 spiro atoms. The van der Waals surface area contributed by atoms with E-state index in [2.05, 4.69) is 19.7 Å². The van der Waals surface area contributed by atoms with E-state index in [1.165, 1.54) is 30.5 Å². The van der Waals surface area contributed by atoms with Crippen LogP contribution in [0.1, 0.15) is 37.8 Å². The molecule has 1 aliphatic heterocycles. The number of carbonyl (C=O) groups excluding carboxylic acids is 1. The number of piperidine rings is 1. The van der Waals surface area contributed by atoms with Crippen LogP contribution in [0.3, 0.4) is 0 Å². The highest BCUT2D eigenvalue weighted by atomic mass is 32.2. The summed E-state index contributed by atoms with van der Waals surface area (Å²) in [4.78, 5) is 20.4. The Hall–Kier alpha value is -3.40. The van der Waals surface area contributed by atoms with Crippen molar-refractivity contribution in [3.8, 4) is 5.69 Å². The van der Waals surface area contributed by atoms with Gasteiger partial charge in [0.2, 0.25) is 15.9 Å². The van der Waals surface area contributed by atoms with Gasteiger partial charge in [-0.25, -0.2) is 18.1 Å². The van der Waals surface area contributed by atoms with E-state index < -0.39 is 21.7 Å². The Morgan fingerprint density at radius 2 is 1.68 bits per heavy atom. The highest BCUT2D eigenvalue weighted by Crippen LogP contribution is 2.23. The number of rotatable bonds is 8. The number of carbonyl (C=O) groups is 1. The highest BCUT2D eigenvalue weighted by molar-refractivity contribution is 7.93. The lowest BCUT2D eigenvalue weighted by atomic mass is 10.1. The van der Waals surface area contributed by atoms with Gasteiger partial charge < -0.3 is 9.80 Å². The van der Waals surface area contributed by atoms with Crippen molar-refractivity contribution in [2.45, 2.75) is 32.2 Å². The predicted molar refractivity (Wildman–Crippen MR) is 132 cm³/mol. The molecule has 180 valence electrons. The topological polar surface area (TPSA) is 100 Å². The summed E-state index contributed by atoms with van der Waals surface area (Å²) in [5.41, 5.74) is 3.27. The van der Waals surface area contributed by atoms with Crippen LogP contribution < -0.4 is 9.62 Å². The van der Waals surface area contributed by atoms with Crippen molar-refractivity contribution in [1.82, 2.24) is 19.7 Å². The number of sulfonamides is 1. The normalized spacial score (nSPS) is 15.1. The number of hydrogen-bond acceptors (Lipinski definition) is 6. The monoisotopic (exact) mass is 482 g/mol. The Bertz CT molecular complexity index is 1190. The SMILES string of the molecule is CC(c1ccc(-n2cncn2)cc1)N(C)C(=O)CS(=O)(=O)Nc1ccc(N2CCCCC2)cc1. The minimum Gasteiger partial charge on any atom is -0.372 e. The third-order valence-electron chi connectivity index (χ3n) is 6.21. The summed E-state index contributed by atoms with van der Waals surface area (Å²) >= 11 is 0. The molecule has 0 saturated carbocycles. The van der Waals surface area contributed by atoms with Crippen molar-refractivity contribution >= 4 is 27.3 Å². The number of hydrogen-bond donors (Lipinski definition) is 1. The number of nitrogens with one attached hydrogen (secondary N) is 1. The molecule has 1 aromatic heterocycles. The molecule has 4 rings (SSSR count). The molecular weight excluding hydrogens is 452 g/mol. The van der Waals surface area contributed by atoms with Gasteiger partial charge in [0.05, 0.1) is 11.7 Å². The summed E-state index contributed by atoms with van der Waals surface area (Å²) < 4.78 is 29.5. The second kappa shape index (κ2) is 10.3. The van der Waals surface area contributed by atoms with E-state index in [1.807, 2.05) is 43.3 Å². The number of amides is 1. The maximum Gasteiger partial charge on any atom is 0.241 e. The molecule has 1 aliphatic rings. The van der Waals surface area contributed by atoms with Crippen molar-refractivity contribution in [2.24, 2.45) is 0 Å². The lowest BCUT2D eigenvalue weighted by Gasteiger charge is -2.29. The van der Waals surface area contributed by atoms with Crippen molar-refractivity contribution in [3.63, 3.8) is 0 Å². The number of aromatic nitrogens is 3. The first-order valence-corrected chi connectivity index (χ1v) is 13.0. The molecule has 0 aliphatic carbocycles. The third-order valence-corrected chi connectivity index (χ3v) is 7.38. The molecule has 1 N–H and O–H groups in total. The highest BCUT2D eigenvalue weighted by Gasteiger charge is 2.24. The first kappa shape index (κ1) is 23.7. The van der Waals surface area contributed by atoms with Gasteiger partial charge in [-0.2, -0.15) is 5.10 Å². The Labute approximate surface area is 200 Å². The molecule has 0 bridgehead atoms. The van der Waals surface area contributed by atoms with Crippen LogP contribution in [-0.4, -0.2) is 59.9 Å². The molecule has 1 fully saturated rings. The molecular formula is C24H30N6O3S. The average Bonchev–Trinajstić information content (AvgIpc) is 3.39. The van der Waals surface area contributed by atoms with Crippen LogP contribution in [-0.2, 0) is 14.8 Å². The fourth-order valence-electron chi connectivity index (χ4n) is 4.06. The molecule has 0 radical (unpaired) electrons. The molecule has 1 saturated heterocycles. The molecule has 9 nitrogen and oxygen atoms in total. The van der Waals surface area contributed by atoms with Gasteiger partial charge in [0.25, 0.3) is 0 Å². The van der Waals surface area contributed by atoms with Gasteiger partial charge in [0, 0.05) is 31.5 Å². The van der Waals surface area contributed by atoms with Crippen molar-refractivity contribution in [1.29, 1.82) is 0 Å². The Morgan fingerprint density at radius 1 is 1.03 bits per heavy atom. The zero-order valence-corrected chi connectivity index (χ0v) is 20.3. The van der Waals surface area contributed by atoms with Crippen LogP contribution in [0.15, 0.2) is 61.2 Å². The Morgan fingerprint density at radius 3 is 2.29 bits per heavy atom. The van der Waals surface area contributed by atoms with Crippen LogP contribution >= 0.6 is 0 Å². The summed E-state index contributed by atoms with van der Waals surface area (Å²) in [6.07, 6.45) is 6.67. The van der Waals surface area contributed by atoms with Crippen molar-refractivity contribution in [3.05, 3.63) is 66.7 Å². The molecule has 2 aromatic carbocycles. The van der Waals surface area contributed by atoms with E-state index in [-0.39, 0.29) is 6.04 Å². The maximum atomic E-state index is 12.8. The van der Waals surface area contributed by atoms with Crippen molar-refractivity contribution in [2.75, 3.05) is 35.5 Å². The Kier molecular flexibility index (Phi) is 7.16. The fourth-order valence-corrected chi connectivity index (χ4v) is 5.16. The number of benzene rings is 2. The largest absolute Gasteiger partial charge is 0.372 e. The summed E-state index contributed by atoms with van der Waals surface area (Å²) in [5.74, 6) is -1.11. The van der Waals surface area contributed by atoms with E-state index in [0.717, 1.165) is 30.0 Å². The van der Waals surface area contributed by atoms with Gasteiger partial charge in [0.15, 0.2) is 0 Å². The molecule has 1 unspecified atom stereocenters. The van der Waals surface area contributed by atoms with Crippen molar-refractivity contribution < 1.29 is 13.2 Å². The van der Waals surface area contributed by atoms with Gasteiger partial charge in [-0.15, -0.1) is 0 Å². The molecule has 34 heavy (non-hydrogen) atoms. The minimum atomic E-state index is -3.84. The smallest absolute Gasteiger partial charge is 0.241 e. The summed E-state index contributed by atoms with van der Waals surface area (Å²) in [7, 11) is -2.23. The van der Waals surface area contributed by atoms with Crippen LogP contribution in [0.25, 0.3) is 5.69 Å². The van der Waals surface area contributed by atoms with E-state index in [4.69, 9.17) is 0 Å². The lowest BCUT2D eigenvalue weighted by molar-refractivity contribution is -0.129. The van der Waals surface area contributed by atoms with E-state index in [0.29, 0.717) is 5.69 Å². The second-order valence-corrected chi connectivity index (χ2v) is 10.3. The quantitative estimate of drug-likeness (QED) is 0.529. The van der Waals surface area contributed by atoms with Gasteiger partial charge >= 0.3 is 0 Å². The van der Waals surface area contributed by atoms with E-state index in [1.54, 1.807) is 30.2 Å². The molecule has 3 aromatic rings. The predicted octanol–water partition coefficient (Wildman–Crippen LogP) is 3.22. The number of nitrogens with zero attached hydrogens (tertiary/aromatic N) is 5. The molecule has 1 amide bonds. The average molecular weight is 483 g/mol. The maximum absolute atomic E-state index is 12.8. The van der Waals surface area contributed by atoms with Gasteiger partial charge in [-0.1, -0.05) is 12.1 Å². The first-order chi connectivity index (χ1) is 16.3. The van der Waals surface area contributed by atoms with Crippen LogP contribution in [0.4, 0.5) is 11.4 Å². The van der Waals surface area contributed by atoms with E-state index >= 15 is 0 Å². The van der Waals surface area contributed by atoms with Gasteiger partial charge in [-0.3, -0.25) is 9.52 Å². The number of anilines is 2. The zero-order valence-electron chi connectivity index (χ0n) is 19.5. The minimum absolute atomic E-state index is 0.295. The summed E-state index contributed by atoms with van der Waals surface area (Å²) in [6.45, 7) is 3.91. The zero-order chi connectivity index (χ0) is 24.1. The summed E-state index contributed by atoms with van der Waals surface area (Å²) in [5, 5.41) is 4.09. The van der Waals surface area contributed by atoms with E-state index in [9.17, 15) is 13.2 Å². The second-order valence-electron chi connectivity index (χ2n) is 8.57. The Balaban J connectivity index is 1.35. The van der Waals surface area contributed by atoms with Gasteiger partial charge in [0.1, 0.15) is 18.4 Å². The van der Waals surface area contributed by atoms with Crippen LogP contribution in [0.2, 0.25) is 0 Å². The van der Waals surface area contributed by atoms with Crippen LogP contribution in [0, 0.1) is 0 Å². The standard InChI is InChI=1S/C24H30N6O3S/c1-19(20-6-10-23(11-7-20)30-18-25-17-26-30)28(2)24(31)16-34(32,33)27-21-8-12-22(13-9-21)29-14-4-3-5-15-29/h6-13,17-19,27H,3-5,14-16H2,1-2H3. The van der Waals surface area contributed by atoms with Crippen LogP contribution in [0.5, 0.6) is 0 Å². The summed E-state index contributed by atoms with van der Waals surface area (Å²) in [6, 6.07) is 14.6. The third kappa shape index (κ3) is 5.74. The first-order valence-electron chi connectivity index (χ1n) is 11.4.